The van der Waals surface area contributed by atoms with Gasteiger partial charge in [-0.15, -0.1) is 0 Å². The van der Waals surface area contributed by atoms with Crippen molar-refractivity contribution < 1.29 is 4.74 Å². The van der Waals surface area contributed by atoms with Crippen LogP contribution in [0.15, 0.2) is 0 Å². The summed E-state index contributed by atoms with van der Waals surface area (Å²) in [5.41, 5.74) is 0.644. The second-order valence-electron chi connectivity index (χ2n) is 4.50. The van der Waals surface area contributed by atoms with E-state index in [0.717, 1.165) is 16.6 Å². The van der Waals surface area contributed by atoms with Crippen LogP contribution in [0.4, 0.5) is 0 Å². The number of halogens is 1. The van der Waals surface area contributed by atoms with E-state index in [9.17, 15) is 0 Å². The molecule has 0 atom stereocenters. The zero-order valence-corrected chi connectivity index (χ0v) is 9.34. The molecule has 0 radical (unpaired) electrons. The molecule has 4 rings (SSSR count). The van der Waals surface area contributed by atoms with Gasteiger partial charge in [0.2, 0.25) is 0 Å². The van der Waals surface area contributed by atoms with Crippen molar-refractivity contribution in [3.63, 3.8) is 0 Å². The number of rotatable bonds is 1. The summed E-state index contributed by atoms with van der Waals surface area (Å²) in [5, 5.41) is 0. The Morgan fingerprint density at radius 1 is 1.08 bits per heavy atom. The fourth-order valence-electron chi connectivity index (χ4n) is 2.99. The molecule has 4 fully saturated rings. The molecule has 0 aromatic rings. The smallest absolute Gasteiger partial charge is 0.0594 e. The lowest BCUT2D eigenvalue weighted by Crippen LogP contribution is -2.77. The molecule has 3 heteroatoms. The van der Waals surface area contributed by atoms with Crippen molar-refractivity contribution in [1.82, 2.24) is 4.90 Å². The minimum atomic E-state index is 0.644. The largest absolute Gasteiger partial charge is 0.379 e. The first-order chi connectivity index (χ1) is 5.73. The van der Waals surface area contributed by atoms with Gasteiger partial charge in [0, 0.05) is 22.1 Å². The average Bonchev–Trinajstić information content (AvgIpc) is 1.99. The molecule has 2 nitrogen and oxygen atoms in total. The highest BCUT2D eigenvalue weighted by atomic mass is 127. The Bertz CT molecular complexity index is 193. The Morgan fingerprint density at radius 3 is 2.17 bits per heavy atom. The fourth-order valence-corrected chi connectivity index (χ4v) is 5.12. The Morgan fingerprint density at radius 2 is 1.67 bits per heavy atom. The average molecular weight is 279 g/mol. The molecule has 2 bridgehead atoms. The zero-order chi connectivity index (χ0) is 8.23. The van der Waals surface area contributed by atoms with E-state index in [1.807, 2.05) is 0 Å². The minimum Gasteiger partial charge on any atom is -0.379 e. The van der Waals surface area contributed by atoms with Crippen LogP contribution in [0.2, 0.25) is 0 Å². The molecule has 3 aliphatic carbocycles. The second kappa shape index (κ2) is 2.36. The van der Waals surface area contributed by atoms with E-state index in [2.05, 4.69) is 27.5 Å². The van der Waals surface area contributed by atoms with Gasteiger partial charge in [0.25, 0.3) is 0 Å². The van der Waals surface area contributed by atoms with Gasteiger partial charge in [-0.3, -0.25) is 4.90 Å². The van der Waals surface area contributed by atoms with Crippen LogP contribution < -0.4 is 0 Å². The number of hydrogen-bond acceptors (Lipinski definition) is 2. The topological polar surface area (TPSA) is 12.5 Å². The molecule has 3 saturated carbocycles. The van der Waals surface area contributed by atoms with Crippen molar-refractivity contribution >= 4 is 22.6 Å². The fraction of sp³-hybridized carbons (Fsp3) is 1.00. The highest BCUT2D eigenvalue weighted by molar-refractivity contribution is 14.1. The number of ether oxygens (including phenoxy) is 1. The lowest BCUT2D eigenvalue weighted by atomic mass is 9.49. The Labute approximate surface area is 86.8 Å². The first-order valence-corrected chi connectivity index (χ1v) is 5.82. The molecule has 1 saturated heterocycles. The quantitative estimate of drug-likeness (QED) is 0.532. The van der Waals surface area contributed by atoms with Crippen molar-refractivity contribution in [3.05, 3.63) is 0 Å². The third-order valence-corrected chi connectivity index (χ3v) is 4.76. The first kappa shape index (κ1) is 8.00. The van der Waals surface area contributed by atoms with Crippen LogP contribution in [-0.2, 0) is 4.74 Å². The molecule has 4 aliphatic rings. The maximum Gasteiger partial charge on any atom is 0.0594 e. The second-order valence-corrected chi connectivity index (χ2v) is 6.79. The minimum absolute atomic E-state index is 0.644. The normalized spacial score (nSPS) is 52.8. The lowest BCUT2D eigenvalue weighted by Gasteiger charge is -2.72. The van der Waals surface area contributed by atoms with Gasteiger partial charge in [0.15, 0.2) is 0 Å². The predicted molar refractivity (Wildman–Crippen MR) is 55.7 cm³/mol. The summed E-state index contributed by atoms with van der Waals surface area (Å²) in [4.78, 5) is 2.66. The molecule has 68 valence electrons. The van der Waals surface area contributed by atoms with Crippen molar-refractivity contribution in [2.45, 2.75) is 28.2 Å². The predicted octanol–water partition coefficient (Wildman–Crippen LogP) is 1.43. The summed E-state index contributed by atoms with van der Waals surface area (Å²) in [7, 11) is 0. The summed E-state index contributed by atoms with van der Waals surface area (Å²) in [6.07, 6.45) is 4.34. The van der Waals surface area contributed by atoms with Crippen LogP contribution in [0.5, 0.6) is 0 Å². The molecule has 0 amide bonds. The third-order valence-electron chi connectivity index (χ3n) is 3.62. The molecular weight excluding hydrogens is 265 g/mol. The number of hydrogen-bond donors (Lipinski definition) is 0. The monoisotopic (exact) mass is 279 g/mol. The van der Waals surface area contributed by atoms with E-state index in [1.165, 1.54) is 32.4 Å². The maximum absolute atomic E-state index is 5.36. The van der Waals surface area contributed by atoms with Crippen LogP contribution in [0.25, 0.3) is 0 Å². The van der Waals surface area contributed by atoms with Gasteiger partial charge in [-0.1, -0.05) is 22.6 Å². The van der Waals surface area contributed by atoms with Crippen molar-refractivity contribution in [2.75, 3.05) is 26.3 Å². The van der Waals surface area contributed by atoms with Crippen LogP contribution in [0, 0.1) is 0 Å². The molecule has 0 aromatic heterocycles. The van der Waals surface area contributed by atoms with Gasteiger partial charge in [-0.25, -0.2) is 0 Å². The molecule has 0 N–H and O–H groups in total. The summed E-state index contributed by atoms with van der Waals surface area (Å²) in [6.45, 7) is 4.26. The van der Waals surface area contributed by atoms with Crippen molar-refractivity contribution in [2.24, 2.45) is 0 Å². The third kappa shape index (κ3) is 0.930. The van der Waals surface area contributed by atoms with E-state index < -0.39 is 0 Å². The highest BCUT2D eigenvalue weighted by Crippen LogP contribution is 2.68. The van der Waals surface area contributed by atoms with Gasteiger partial charge >= 0.3 is 0 Å². The molecule has 0 aromatic carbocycles. The van der Waals surface area contributed by atoms with Gasteiger partial charge in [-0.2, -0.15) is 0 Å². The summed E-state index contributed by atoms with van der Waals surface area (Å²) >= 11 is 2.64. The van der Waals surface area contributed by atoms with Crippen LogP contribution in [-0.4, -0.2) is 40.2 Å². The highest BCUT2D eigenvalue weighted by Gasteiger charge is 2.68. The standard InChI is InChI=1S/C9H14INO/c10-8-5-9(6-8,7-8)11-1-3-12-4-2-11/h1-7H2. The summed E-state index contributed by atoms with van der Waals surface area (Å²) < 4.78 is 6.08. The number of alkyl halides is 1. The molecule has 0 spiro atoms. The Kier molecular flexibility index (Phi) is 1.57. The Balaban J connectivity index is 1.67. The molecule has 0 unspecified atom stereocenters. The number of nitrogens with zero attached hydrogens (tertiary/aromatic N) is 1. The summed E-state index contributed by atoms with van der Waals surface area (Å²) in [5.74, 6) is 0. The Hall–Kier alpha value is 0.650. The van der Waals surface area contributed by atoms with E-state index in [0.29, 0.717) is 5.54 Å². The molecule has 12 heavy (non-hydrogen) atoms. The van der Waals surface area contributed by atoms with E-state index >= 15 is 0 Å². The van der Waals surface area contributed by atoms with E-state index in [-0.39, 0.29) is 0 Å². The van der Waals surface area contributed by atoms with Gasteiger partial charge in [0.1, 0.15) is 0 Å². The maximum atomic E-state index is 5.36. The van der Waals surface area contributed by atoms with Crippen molar-refractivity contribution in [1.29, 1.82) is 0 Å². The lowest BCUT2D eigenvalue weighted by molar-refractivity contribution is -0.141. The first-order valence-electron chi connectivity index (χ1n) is 4.74. The molecule has 1 heterocycles. The van der Waals surface area contributed by atoms with Gasteiger partial charge < -0.3 is 4.74 Å². The van der Waals surface area contributed by atoms with Gasteiger partial charge in [0.05, 0.1) is 13.2 Å². The van der Waals surface area contributed by atoms with Crippen LogP contribution in [0.3, 0.4) is 0 Å². The van der Waals surface area contributed by atoms with E-state index in [1.54, 1.807) is 0 Å². The molecule has 1 aliphatic heterocycles. The summed E-state index contributed by atoms with van der Waals surface area (Å²) in [6, 6.07) is 0. The van der Waals surface area contributed by atoms with E-state index in [4.69, 9.17) is 4.74 Å². The van der Waals surface area contributed by atoms with Crippen LogP contribution in [0.1, 0.15) is 19.3 Å². The van der Waals surface area contributed by atoms with Gasteiger partial charge in [-0.05, 0) is 19.3 Å². The van der Waals surface area contributed by atoms with Crippen molar-refractivity contribution in [3.8, 4) is 0 Å². The number of morpholine rings is 1. The van der Waals surface area contributed by atoms with Crippen LogP contribution >= 0.6 is 22.6 Å². The molecular formula is C9H14INO. The zero-order valence-electron chi connectivity index (χ0n) is 7.18. The SMILES string of the molecule is IC12CC(N3CCOCC3)(C1)C2.